The van der Waals surface area contributed by atoms with E-state index in [1.165, 1.54) is 12.0 Å². The summed E-state index contributed by atoms with van der Waals surface area (Å²) < 4.78 is 11.9. The van der Waals surface area contributed by atoms with Gasteiger partial charge in [-0.25, -0.2) is 0 Å². The van der Waals surface area contributed by atoms with E-state index in [9.17, 15) is 4.79 Å². The molecule has 1 saturated carbocycles. The topological polar surface area (TPSA) is 38.8 Å². The largest absolute Gasteiger partial charge is 0.347 e. The fourth-order valence-electron chi connectivity index (χ4n) is 4.41. The molecule has 0 N–H and O–H groups in total. The predicted octanol–water partition coefficient (Wildman–Crippen LogP) is 3.15. The summed E-state index contributed by atoms with van der Waals surface area (Å²) >= 11 is 0. The van der Waals surface area contributed by atoms with Gasteiger partial charge >= 0.3 is 0 Å². The van der Waals surface area contributed by atoms with Gasteiger partial charge in [-0.05, 0) is 31.7 Å². The number of likely N-dealkylation sites (tertiary alicyclic amines) is 1. The summed E-state index contributed by atoms with van der Waals surface area (Å²) in [6.07, 6.45) is 5.84. The average molecular weight is 329 g/mol. The van der Waals surface area contributed by atoms with Gasteiger partial charge in [-0.2, -0.15) is 0 Å². The van der Waals surface area contributed by atoms with Gasteiger partial charge in [0.15, 0.2) is 5.79 Å². The molecular formula is C20H27NO3. The highest BCUT2D eigenvalue weighted by Crippen LogP contribution is 2.46. The lowest BCUT2D eigenvalue weighted by Crippen LogP contribution is -2.54. The second-order valence-corrected chi connectivity index (χ2v) is 7.74. The van der Waals surface area contributed by atoms with Crippen molar-refractivity contribution in [2.75, 3.05) is 19.7 Å². The maximum Gasteiger partial charge on any atom is 0.229 e. The first-order valence-electron chi connectivity index (χ1n) is 9.26. The van der Waals surface area contributed by atoms with Crippen molar-refractivity contribution in [1.82, 2.24) is 4.90 Å². The molecule has 2 aliphatic heterocycles. The van der Waals surface area contributed by atoms with Crippen LogP contribution in [0, 0.1) is 5.41 Å². The van der Waals surface area contributed by atoms with E-state index >= 15 is 0 Å². The molecule has 3 aliphatic rings. The van der Waals surface area contributed by atoms with Crippen molar-refractivity contribution in [2.24, 2.45) is 5.41 Å². The molecule has 2 saturated heterocycles. The molecule has 130 valence electrons. The first-order valence-corrected chi connectivity index (χ1v) is 9.26. The van der Waals surface area contributed by atoms with E-state index in [2.05, 4.69) is 36.1 Å². The van der Waals surface area contributed by atoms with Crippen LogP contribution < -0.4 is 0 Å². The average Bonchev–Trinajstić information content (AvgIpc) is 2.93. The van der Waals surface area contributed by atoms with Crippen LogP contribution in [0.15, 0.2) is 30.3 Å². The molecule has 1 aromatic rings. The molecule has 1 aliphatic carbocycles. The van der Waals surface area contributed by atoms with E-state index in [1.54, 1.807) is 0 Å². The molecule has 1 aromatic carbocycles. The van der Waals surface area contributed by atoms with Crippen molar-refractivity contribution in [1.29, 1.82) is 0 Å². The molecule has 0 unspecified atom stereocenters. The Balaban J connectivity index is 1.41. The van der Waals surface area contributed by atoms with Gasteiger partial charge in [0.05, 0.1) is 18.1 Å². The van der Waals surface area contributed by atoms with Gasteiger partial charge in [-0.1, -0.05) is 36.8 Å². The summed E-state index contributed by atoms with van der Waals surface area (Å²) in [6.45, 7) is 4.23. The Morgan fingerprint density at radius 3 is 2.42 bits per heavy atom. The van der Waals surface area contributed by atoms with Gasteiger partial charge in [-0.15, -0.1) is 0 Å². The molecule has 1 spiro atoms. The van der Waals surface area contributed by atoms with Crippen molar-refractivity contribution in [2.45, 2.75) is 57.3 Å². The van der Waals surface area contributed by atoms with Crippen LogP contribution in [0.4, 0.5) is 0 Å². The Hall–Kier alpha value is -1.39. The summed E-state index contributed by atoms with van der Waals surface area (Å²) in [7, 11) is 0. The number of rotatable bonds is 3. The summed E-state index contributed by atoms with van der Waals surface area (Å²) in [5.74, 6) is -0.0823. The number of carbonyl (C=O) groups excluding carboxylic acids is 1. The lowest BCUT2D eigenvalue weighted by Gasteiger charge is -2.46. The molecule has 3 fully saturated rings. The van der Waals surface area contributed by atoms with Gasteiger partial charge in [0.1, 0.15) is 0 Å². The Morgan fingerprint density at radius 1 is 1.17 bits per heavy atom. The first kappa shape index (κ1) is 16.1. The molecule has 0 aromatic heterocycles. The highest BCUT2D eigenvalue weighted by Gasteiger charge is 2.49. The zero-order valence-corrected chi connectivity index (χ0v) is 14.5. The van der Waals surface area contributed by atoms with E-state index in [0.29, 0.717) is 12.5 Å². The van der Waals surface area contributed by atoms with Crippen LogP contribution in [0.25, 0.3) is 0 Å². The lowest BCUT2D eigenvalue weighted by molar-refractivity contribution is -0.197. The molecule has 1 amide bonds. The van der Waals surface area contributed by atoms with Crippen molar-refractivity contribution in [3.8, 4) is 0 Å². The van der Waals surface area contributed by atoms with Gasteiger partial charge in [0.2, 0.25) is 5.91 Å². The summed E-state index contributed by atoms with van der Waals surface area (Å²) in [5.41, 5.74) is 1.10. The highest BCUT2D eigenvalue weighted by atomic mass is 16.7. The predicted molar refractivity (Wildman–Crippen MR) is 91.5 cm³/mol. The van der Waals surface area contributed by atoms with E-state index < -0.39 is 5.79 Å². The van der Waals surface area contributed by atoms with E-state index in [-0.39, 0.29) is 11.5 Å². The van der Waals surface area contributed by atoms with Gasteiger partial charge in [0.25, 0.3) is 0 Å². The van der Waals surface area contributed by atoms with Crippen molar-refractivity contribution in [3.05, 3.63) is 35.9 Å². The van der Waals surface area contributed by atoms with Crippen LogP contribution in [0.1, 0.15) is 44.6 Å². The van der Waals surface area contributed by atoms with Gasteiger partial charge in [0, 0.05) is 25.9 Å². The zero-order chi connectivity index (χ0) is 16.6. The Kier molecular flexibility index (Phi) is 4.13. The van der Waals surface area contributed by atoms with Crippen LogP contribution in [0.3, 0.4) is 0 Å². The number of hydrogen-bond donors (Lipinski definition) is 0. The maximum absolute atomic E-state index is 13.2. The van der Waals surface area contributed by atoms with Gasteiger partial charge < -0.3 is 14.4 Å². The second kappa shape index (κ2) is 6.16. The van der Waals surface area contributed by atoms with E-state index in [1.807, 2.05) is 6.07 Å². The lowest BCUT2D eigenvalue weighted by atomic mass is 9.64. The summed E-state index contributed by atoms with van der Waals surface area (Å²) in [4.78, 5) is 15.3. The van der Waals surface area contributed by atoms with E-state index in [4.69, 9.17) is 9.47 Å². The third kappa shape index (κ3) is 2.86. The molecule has 0 bridgehead atoms. The fourth-order valence-corrected chi connectivity index (χ4v) is 4.41. The molecule has 4 heteroatoms. The number of ether oxygens (including phenoxy) is 2. The normalized spacial score (nSPS) is 27.9. The third-order valence-corrected chi connectivity index (χ3v) is 5.96. The van der Waals surface area contributed by atoms with E-state index in [0.717, 1.165) is 45.2 Å². The quantitative estimate of drug-likeness (QED) is 0.855. The summed E-state index contributed by atoms with van der Waals surface area (Å²) in [5, 5.41) is 0. The number of benzene rings is 1. The van der Waals surface area contributed by atoms with Crippen LogP contribution in [-0.4, -0.2) is 42.4 Å². The van der Waals surface area contributed by atoms with Crippen molar-refractivity contribution < 1.29 is 14.3 Å². The number of piperidine rings is 1. The minimum atomic E-state index is -0.428. The third-order valence-electron chi connectivity index (χ3n) is 5.96. The molecular weight excluding hydrogens is 302 g/mol. The number of nitrogens with zero attached hydrogens (tertiary/aromatic N) is 1. The van der Waals surface area contributed by atoms with Crippen LogP contribution in [-0.2, 0) is 20.7 Å². The SMILES string of the molecule is C[C@@H]1COC2(CCN(C(=O)C3(Cc4ccccc4)CCC3)CC2)O1. The molecule has 1 atom stereocenters. The van der Waals surface area contributed by atoms with Crippen molar-refractivity contribution >= 4 is 5.91 Å². The Labute approximate surface area is 144 Å². The number of hydrogen-bond acceptors (Lipinski definition) is 3. The number of amides is 1. The molecule has 0 radical (unpaired) electrons. The summed E-state index contributed by atoms with van der Waals surface area (Å²) in [6, 6.07) is 10.4. The second-order valence-electron chi connectivity index (χ2n) is 7.74. The molecule has 4 nitrogen and oxygen atoms in total. The van der Waals surface area contributed by atoms with Crippen LogP contribution in [0.2, 0.25) is 0 Å². The Bertz CT molecular complexity index is 588. The van der Waals surface area contributed by atoms with Crippen molar-refractivity contribution in [3.63, 3.8) is 0 Å². The zero-order valence-electron chi connectivity index (χ0n) is 14.5. The standard InChI is InChI=1S/C20H27NO3/c1-16-15-23-20(24-16)10-12-21(13-11-20)18(22)19(8-5-9-19)14-17-6-3-2-4-7-17/h2-4,6-7,16H,5,8-15H2,1H3/t16-/m1/s1. The van der Waals surface area contributed by atoms with Crippen LogP contribution in [0.5, 0.6) is 0 Å². The minimum Gasteiger partial charge on any atom is -0.347 e. The van der Waals surface area contributed by atoms with Crippen LogP contribution >= 0.6 is 0 Å². The monoisotopic (exact) mass is 329 g/mol. The molecule has 2 heterocycles. The fraction of sp³-hybridized carbons (Fsp3) is 0.650. The first-order chi connectivity index (χ1) is 11.6. The molecule has 4 rings (SSSR count). The Morgan fingerprint density at radius 2 is 1.88 bits per heavy atom. The smallest absolute Gasteiger partial charge is 0.229 e. The number of carbonyl (C=O) groups is 1. The highest BCUT2D eigenvalue weighted by molar-refractivity contribution is 5.84. The molecule has 24 heavy (non-hydrogen) atoms. The maximum atomic E-state index is 13.2. The van der Waals surface area contributed by atoms with Gasteiger partial charge in [-0.3, -0.25) is 4.79 Å². The minimum absolute atomic E-state index is 0.170.